The average molecular weight is 233 g/mol. The van der Waals surface area contributed by atoms with Gasteiger partial charge in [0.05, 0.1) is 0 Å². The van der Waals surface area contributed by atoms with Crippen LogP contribution >= 0.6 is 0 Å². The molecule has 0 radical (unpaired) electrons. The van der Waals surface area contributed by atoms with Crippen LogP contribution in [0.25, 0.3) is 0 Å². The Morgan fingerprint density at radius 1 is 1.24 bits per heavy atom. The fraction of sp³-hybridized carbons (Fsp3) is 0.571. The lowest BCUT2D eigenvalue weighted by atomic mass is 10.2. The normalized spacial score (nSPS) is 24.9. The van der Waals surface area contributed by atoms with Crippen molar-refractivity contribution in [2.24, 2.45) is 0 Å². The zero-order chi connectivity index (χ0) is 12.4. The van der Waals surface area contributed by atoms with E-state index in [2.05, 4.69) is 67.4 Å². The van der Waals surface area contributed by atoms with Crippen LogP contribution in [0.15, 0.2) is 24.3 Å². The number of nitrogens with zero attached hydrogens (tertiary/aromatic N) is 2. The molecule has 0 amide bonds. The summed E-state index contributed by atoms with van der Waals surface area (Å²) in [4.78, 5) is 4.53. The van der Waals surface area contributed by atoms with Gasteiger partial charge in [-0.3, -0.25) is 0 Å². The smallest absolute Gasteiger partial charge is 0.0403 e. The van der Waals surface area contributed by atoms with E-state index >= 15 is 0 Å². The first-order valence-corrected chi connectivity index (χ1v) is 6.30. The number of likely N-dealkylation sites (N-methyl/N-ethyl adjacent to an activating group) is 1. The Bertz CT molecular complexity index is 348. The van der Waals surface area contributed by atoms with Gasteiger partial charge in [-0.1, -0.05) is 0 Å². The summed E-state index contributed by atoms with van der Waals surface area (Å²) in [6.07, 6.45) is 1.23. The van der Waals surface area contributed by atoms with Gasteiger partial charge in [-0.25, -0.2) is 0 Å². The molecule has 3 heteroatoms. The number of rotatable bonds is 3. The fourth-order valence-corrected chi connectivity index (χ4v) is 2.39. The zero-order valence-electron chi connectivity index (χ0n) is 11.3. The Labute approximate surface area is 104 Å². The molecular weight excluding hydrogens is 210 g/mol. The van der Waals surface area contributed by atoms with Crippen molar-refractivity contribution >= 4 is 11.4 Å². The maximum Gasteiger partial charge on any atom is 0.0403 e. The van der Waals surface area contributed by atoms with E-state index in [1.807, 2.05) is 0 Å². The van der Waals surface area contributed by atoms with Crippen LogP contribution in [0.3, 0.4) is 0 Å². The van der Waals surface area contributed by atoms with Crippen LogP contribution in [0.2, 0.25) is 0 Å². The summed E-state index contributed by atoms with van der Waals surface area (Å²) in [7, 11) is 6.33. The van der Waals surface area contributed by atoms with E-state index in [0.29, 0.717) is 12.1 Å². The van der Waals surface area contributed by atoms with Crippen molar-refractivity contribution in [2.45, 2.75) is 25.4 Å². The number of anilines is 2. The second kappa shape index (κ2) is 4.96. The zero-order valence-corrected chi connectivity index (χ0v) is 11.3. The number of hydrogen-bond acceptors (Lipinski definition) is 3. The average Bonchev–Trinajstić information content (AvgIpc) is 2.58. The van der Waals surface area contributed by atoms with Gasteiger partial charge in [0, 0.05) is 44.1 Å². The lowest BCUT2D eigenvalue weighted by Crippen LogP contribution is -2.24. The van der Waals surface area contributed by atoms with Crippen LogP contribution in [-0.2, 0) is 0 Å². The summed E-state index contributed by atoms with van der Waals surface area (Å²) >= 11 is 0. The van der Waals surface area contributed by atoms with Gasteiger partial charge in [0.15, 0.2) is 0 Å². The molecular formula is C14H23N3. The van der Waals surface area contributed by atoms with Crippen molar-refractivity contribution in [3.8, 4) is 0 Å². The molecule has 0 aliphatic carbocycles. The van der Waals surface area contributed by atoms with E-state index in [0.717, 1.165) is 6.54 Å². The molecule has 1 aromatic carbocycles. The SMILES string of the molecule is CC1CC(Nc2ccc(N(C)C)cc2)CN1C. The largest absolute Gasteiger partial charge is 0.381 e. The van der Waals surface area contributed by atoms with E-state index < -0.39 is 0 Å². The number of likely N-dealkylation sites (tertiary alicyclic amines) is 1. The first-order valence-electron chi connectivity index (χ1n) is 6.30. The summed E-state index contributed by atoms with van der Waals surface area (Å²) < 4.78 is 0. The van der Waals surface area contributed by atoms with E-state index in [1.54, 1.807) is 0 Å². The summed E-state index contributed by atoms with van der Waals surface area (Å²) in [6, 6.07) is 9.92. The standard InChI is InChI=1S/C14H23N3/c1-11-9-13(10-17(11)4)15-12-5-7-14(8-6-12)16(2)3/h5-8,11,13,15H,9-10H2,1-4H3. The van der Waals surface area contributed by atoms with Crippen molar-refractivity contribution in [1.29, 1.82) is 0 Å². The first-order chi connectivity index (χ1) is 8.06. The van der Waals surface area contributed by atoms with Crippen molar-refractivity contribution < 1.29 is 0 Å². The Kier molecular flexibility index (Phi) is 3.57. The molecule has 1 heterocycles. The predicted molar refractivity (Wildman–Crippen MR) is 74.9 cm³/mol. The molecule has 1 N–H and O–H groups in total. The molecule has 0 saturated carbocycles. The predicted octanol–water partition coefficient (Wildman–Crippen LogP) is 2.26. The van der Waals surface area contributed by atoms with Crippen LogP contribution in [0, 0.1) is 0 Å². The van der Waals surface area contributed by atoms with Crippen molar-refractivity contribution in [3.63, 3.8) is 0 Å². The third-order valence-corrected chi connectivity index (χ3v) is 3.64. The van der Waals surface area contributed by atoms with E-state index in [-0.39, 0.29) is 0 Å². The van der Waals surface area contributed by atoms with Crippen LogP contribution < -0.4 is 10.2 Å². The molecule has 3 nitrogen and oxygen atoms in total. The molecule has 94 valence electrons. The molecule has 1 aromatic rings. The van der Waals surface area contributed by atoms with E-state index in [1.165, 1.54) is 17.8 Å². The van der Waals surface area contributed by atoms with Gasteiger partial charge in [-0.15, -0.1) is 0 Å². The molecule has 1 fully saturated rings. The molecule has 2 rings (SSSR count). The summed E-state index contributed by atoms with van der Waals surface area (Å²) in [6.45, 7) is 3.42. The minimum atomic E-state index is 0.584. The van der Waals surface area contributed by atoms with Gasteiger partial charge >= 0.3 is 0 Å². The monoisotopic (exact) mass is 233 g/mol. The van der Waals surface area contributed by atoms with Crippen molar-refractivity contribution in [3.05, 3.63) is 24.3 Å². The number of nitrogens with one attached hydrogen (secondary N) is 1. The maximum atomic E-state index is 3.61. The van der Waals surface area contributed by atoms with E-state index in [4.69, 9.17) is 0 Å². The van der Waals surface area contributed by atoms with Gasteiger partial charge < -0.3 is 15.1 Å². The highest BCUT2D eigenvalue weighted by atomic mass is 15.2. The summed E-state index contributed by atoms with van der Waals surface area (Å²) in [5, 5.41) is 3.61. The topological polar surface area (TPSA) is 18.5 Å². The van der Waals surface area contributed by atoms with Crippen LogP contribution in [0.5, 0.6) is 0 Å². The van der Waals surface area contributed by atoms with E-state index in [9.17, 15) is 0 Å². The maximum absolute atomic E-state index is 3.61. The summed E-state index contributed by atoms with van der Waals surface area (Å²) in [5.74, 6) is 0. The molecule has 0 bridgehead atoms. The van der Waals surface area contributed by atoms with Crippen molar-refractivity contribution in [1.82, 2.24) is 4.90 Å². The van der Waals surface area contributed by atoms with Crippen LogP contribution in [0.1, 0.15) is 13.3 Å². The molecule has 2 unspecified atom stereocenters. The molecule has 0 spiro atoms. The van der Waals surface area contributed by atoms with Crippen LogP contribution in [0.4, 0.5) is 11.4 Å². The second-order valence-corrected chi connectivity index (χ2v) is 5.31. The van der Waals surface area contributed by atoms with Gasteiger partial charge in [0.1, 0.15) is 0 Å². The molecule has 1 saturated heterocycles. The minimum absolute atomic E-state index is 0.584. The third-order valence-electron chi connectivity index (χ3n) is 3.64. The molecule has 0 aromatic heterocycles. The minimum Gasteiger partial charge on any atom is -0.381 e. The molecule has 17 heavy (non-hydrogen) atoms. The molecule has 1 aliphatic heterocycles. The highest BCUT2D eigenvalue weighted by Gasteiger charge is 2.25. The lowest BCUT2D eigenvalue weighted by molar-refractivity contribution is 0.330. The fourth-order valence-electron chi connectivity index (χ4n) is 2.39. The first kappa shape index (κ1) is 12.2. The second-order valence-electron chi connectivity index (χ2n) is 5.31. The lowest BCUT2D eigenvalue weighted by Gasteiger charge is -2.16. The third kappa shape index (κ3) is 2.91. The molecule has 2 atom stereocenters. The van der Waals surface area contributed by atoms with Gasteiger partial charge in [-0.05, 0) is 44.7 Å². The highest BCUT2D eigenvalue weighted by molar-refractivity contribution is 5.54. The van der Waals surface area contributed by atoms with Gasteiger partial charge in [-0.2, -0.15) is 0 Å². The highest BCUT2D eigenvalue weighted by Crippen LogP contribution is 2.21. The van der Waals surface area contributed by atoms with Crippen LogP contribution in [-0.4, -0.2) is 44.7 Å². The Hall–Kier alpha value is -1.22. The Morgan fingerprint density at radius 3 is 2.35 bits per heavy atom. The quantitative estimate of drug-likeness (QED) is 0.864. The number of benzene rings is 1. The van der Waals surface area contributed by atoms with Gasteiger partial charge in [0.2, 0.25) is 0 Å². The Balaban J connectivity index is 1.95. The Morgan fingerprint density at radius 2 is 1.88 bits per heavy atom. The van der Waals surface area contributed by atoms with Gasteiger partial charge in [0.25, 0.3) is 0 Å². The summed E-state index contributed by atoms with van der Waals surface area (Å²) in [5.41, 5.74) is 2.47. The number of hydrogen-bond donors (Lipinski definition) is 1. The van der Waals surface area contributed by atoms with Crippen molar-refractivity contribution in [2.75, 3.05) is 37.9 Å². The molecule has 1 aliphatic rings.